The molecule has 1 aliphatic heterocycles. The molecule has 0 aliphatic carbocycles. The zero-order chi connectivity index (χ0) is 13.7. The molecule has 0 spiro atoms. The van der Waals surface area contributed by atoms with E-state index in [-0.39, 0.29) is 13.0 Å². The number of esters is 3. The van der Waals surface area contributed by atoms with Crippen LogP contribution in [-0.2, 0) is 28.6 Å². The van der Waals surface area contributed by atoms with Gasteiger partial charge in [-0.1, -0.05) is 6.08 Å². The van der Waals surface area contributed by atoms with E-state index in [2.05, 4.69) is 9.47 Å². The second-order valence-corrected chi connectivity index (χ2v) is 3.86. The predicted molar refractivity (Wildman–Crippen MR) is 60.3 cm³/mol. The topological polar surface area (TPSA) is 78.9 Å². The second-order valence-electron chi connectivity index (χ2n) is 3.86. The minimum Gasteiger partial charge on any atom is -0.469 e. The summed E-state index contributed by atoms with van der Waals surface area (Å²) in [5, 5.41) is 0. The molecule has 100 valence electrons. The molecule has 1 saturated heterocycles. The first kappa shape index (κ1) is 14.2. The van der Waals surface area contributed by atoms with Crippen molar-refractivity contribution >= 4 is 17.9 Å². The maximum Gasteiger partial charge on any atom is 0.334 e. The highest BCUT2D eigenvalue weighted by Crippen LogP contribution is 2.31. The zero-order valence-electron chi connectivity index (χ0n) is 10.6. The molecule has 0 aromatic heterocycles. The summed E-state index contributed by atoms with van der Waals surface area (Å²) >= 11 is 0. The van der Waals surface area contributed by atoms with Crippen molar-refractivity contribution in [3.8, 4) is 0 Å². The standard InChI is InChI=1S/C12H16O6/c1-4-7-8(5-10(13)16-2)9(11(14)17-3)6-18-12(7)15/h4,8-9H,5-6H2,1-3H3/b7-4+/t8-,9-/m0/s1. The number of methoxy groups -OCH3 is 2. The van der Waals surface area contributed by atoms with Gasteiger partial charge in [-0.05, 0) is 6.92 Å². The minimum absolute atomic E-state index is 0.0506. The number of allylic oxidation sites excluding steroid dienone is 1. The molecule has 2 atom stereocenters. The van der Waals surface area contributed by atoms with Crippen LogP contribution in [0.2, 0.25) is 0 Å². The van der Waals surface area contributed by atoms with Gasteiger partial charge in [0.25, 0.3) is 0 Å². The summed E-state index contributed by atoms with van der Waals surface area (Å²) in [5.74, 6) is -2.72. The van der Waals surface area contributed by atoms with Crippen LogP contribution in [0.3, 0.4) is 0 Å². The van der Waals surface area contributed by atoms with Crippen LogP contribution in [0.4, 0.5) is 0 Å². The van der Waals surface area contributed by atoms with Gasteiger partial charge in [-0.25, -0.2) is 4.79 Å². The molecule has 0 radical (unpaired) electrons. The van der Waals surface area contributed by atoms with Gasteiger partial charge in [-0.3, -0.25) is 9.59 Å². The molecule has 0 bridgehead atoms. The van der Waals surface area contributed by atoms with Crippen molar-refractivity contribution in [2.45, 2.75) is 13.3 Å². The van der Waals surface area contributed by atoms with Gasteiger partial charge in [0, 0.05) is 11.5 Å². The Morgan fingerprint density at radius 2 is 2.06 bits per heavy atom. The molecule has 0 amide bonds. The normalized spacial score (nSPS) is 25.5. The zero-order valence-corrected chi connectivity index (χ0v) is 10.6. The van der Waals surface area contributed by atoms with Gasteiger partial charge >= 0.3 is 17.9 Å². The Morgan fingerprint density at radius 3 is 2.56 bits per heavy atom. The third-order valence-corrected chi connectivity index (χ3v) is 2.94. The van der Waals surface area contributed by atoms with Gasteiger partial charge in [0.15, 0.2) is 0 Å². The van der Waals surface area contributed by atoms with Crippen LogP contribution in [-0.4, -0.2) is 38.7 Å². The Hall–Kier alpha value is -1.85. The molecule has 0 aromatic rings. The average molecular weight is 256 g/mol. The number of hydrogen-bond acceptors (Lipinski definition) is 6. The van der Waals surface area contributed by atoms with Gasteiger partial charge in [-0.2, -0.15) is 0 Å². The maximum absolute atomic E-state index is 11.6. The molecule has 1 rings (SSSR count). The molecule has 6 nitrogen and oxygen atoms in total. The molecular formula is C12H16O6. The number of carbonyl (C=O) groups is 3. The molecule has 1 fully saturated rings. The lowest BCUT2D eigenvalue weighted by atomic mass is 9.81. The molecule has 0 N–H and O–H groups in total. The Labute approximate surface area is 105 Å². The number of ether oxygens (including phenoxy) is 3. The molecule has 0 unspecified atom stereocenters. The molecular weight excluding hydrogens is 240 g/mol. The van der Waals surface area contributed by atoms with Crippen molar-refractivity contribution in [2.24, 2.45) is 11.8 Å². The maximum atomic E-state index is 11.6. The summed E-state index contributed by atoms with van der Waals surface area (Å²) in [5.41, 5.74) is 0.307. The largest absolute Gasteiger partial charge is 0.469 e. The molecule has 0 aromatic carbocycles. The van der Waals surface area contributed by atoms with Gasteiger partial charge in [0.2, 0.25) is 0 Å². The molecule has 1 aliphatic rings. The lowest BCUT2D eigenvalue weighted by molar-refractivity contribution is -0.159. The van der Waals surface area contributed by atoms with Crippen LogP contribution >= 0.6 is 0 Å². The molecule has 6 heteroatoms. The van der Waals surface area contributed by atoms with E-state index in [9.17, 15) is 14.4 Å². The Kier molecular flexibility index (Phi) is 4.88. The minimum atomic E-state index is -0.669. The second kappa shape index (κ2) is 6.18. The predicted octanol–water partition coefficient (Wildman–Crippen LogP) is 0.458. The Morgan fingerprint density at radius 1 is 1.39 bits per heavy atom. The molecule has 18 heavy (non-hydrogen) atoms. The van der Waals surface area contributed by atoms with Gasteiger partial charge in [0.1, 0.15) is 6.61 Å². The summed E-state index contributed by atoms with van der Waals surface area (Å²) in [6, 6.07) is 0. The van der Waals surface area contributed by atoms with Crippen LogP contribution in [0.5, 0.6) is 0 Å². The summed E-state index contributed by atoms with van der Waals surface area (Å²) < 4.78 is 14.1. The van der Waals surface area contributed by atoms with E-state index in [4.69, 9.17) is 4.74 Å². The summed E-state index contributed by atoms with van der Waals surface area (Å²) in [4.78, 5) is 34.5. The fourth-order valence-corrected chi connectivity index (χ4v) is 1.96. The van der Waals surface area contributed by atoms with E-state index >= 15 is 0 Å². The van der Waals surface area contributed by atoms with Gasteiger partial charge in [0.05, 0.1) is 26.6 Å². The van der Waals surface area contributed by atoms with E-state index in [1.807, 2.05) is 0 Å². The van der Waals surface area contributed by atoms with Gasteiger partial charge in [-0.15, -0.1) is 0 Å². The molecule has 1 heterocycles. The average Bonchev–Trinajstić information content (AvgIpc) is 2.38. The van der Waals surface area contributed by atoms with Crippen molar-refractivity contribution in [3.63, 3.8) is 0 Å². The third kappa shape index (κ3) is 2.88. The van der Waals surface area contributed by atoms with E-state index < -0.39 is 29.7 Å². The number of cyclic esters (lactones) is 1. The smallest absolute Gasteiger partial charge is 0.334 e. The first-order valence-electron chi connectivity index (χ1n) is 5.53. The van der Waals surface area contributed by atoms with Crippen LogP contribution in [0.15, 0.2) is 11.6 Å². The fraction of sp³-hybridized carbons (Fsp3) is 0.583. The van der Waals surface area contributed by atoms with Crippen LogP contribution in [0.1, 0.15) is 13.3 Å². The third-order valence-electron chi connectivity index (χ3n) is 2.94. The van der Waals surface area contributed by atoms with Crippen LogP contribution in [0, 0.1) is 11.8 Å². The SMILES string of the molecule is C/C=C1/C(=O)OC[C@H](C(=O)OC)[C@H]1CC(=O)OC. The summed E-state index contributed by atoms with van der Waals surface area (Å²) in [6.45, 7) is 1.57. The quantitative estimate of drug-likeness (QED) is 0.414. The highest BCUT2D eigenvalue weighted by atomic mass is 16.5. The van der Waals surface area contributed by atoms with Crippen molar-refractivity contribution in [2.75, 3.05) is 20.8 Å². The fourth-order valence-electron chi connectivity index (χ4n) is 1.96. The van der Waals surface area contributed by atoms with E-state index in [0.29, 0.717) is 5.57 Å². The van der Waals surface area contributed by atoms with E-state index in [1.165, 1.54) is 14.2 Å². The first-order chi connectivity index (χ1) is 8.54. The molecule has 0 saturated carbocycles. The number of hydrogen-bond donors (Lipinski definition) is 0. The van der Waals surface area contributed by atoms with E-state index in [0.717, 1.165) is 0 Å². The van der Waals surface area contributed by atoms with Crippen molar-refractivity contribution in [1.29, 1.82) is 0 Å². The number of carbonyl (C=O) groups excluding carboxylic acids is 3. The summed E-state index contributed by atoms with van der Waals surface area (Å²) in [7, 11) is 2.51. The van der Waals surface area contributed by atoms with E-state index in [1.54, 1.807) is 13.0 Å². The van der Waals surface area contributed by atoms with Gasteiger partial charge < -0.3 is 14.2 Å². The van der Waals surface area contributed by atoms with Crippen molar-refractivity contribution in [3.05, 3.63) is 11.6 Å². The first-order valence-corrected chi connectivity index (χ1v) is 5.53. The van der Waals surface area contributed by atoms with Crippen LogP contribution in [0.25, 0.3) is 0 Å². The number of rotatable bonds is 3. The van der Waals surface area contributed by atoms with Crippen molar-refractivity contribution < 1.29 is 28.6 Å². The van der Waals surface area contributed by atoms with Crippen LogP contribution < -0.4 is 0 Å². The highest BCUT2D eigenvalue weighted by molar-refractivity contribution is 5.93. The van der Waals surface area contributed by atoms with Crippen molar-refractivity contribution in [1.82, 2.24) is 0 Å². The Balaban J connectivity index is 2.99. The lowest BCUT2D eigenvalue weighted by Gasteiger charge is -2.30. The monoisotopic (exact) mass is 256 g/mol. The highest BCUT2D eigenvalue weighted by Gasteiger charge is 2.41. The lowest BCUT2D eigenvalue weighted by Crippen LogP contribution is -2.39. The summed E-state index contributed by atoms with van der Waals surface area (Å²) in [6.07, 6.45) is 1.50. The Bertz CT molecular complexity index is 384.